The lowest BCUT2D eigenvalue weighted by atomic mass is 10.1. The van der Waals surface area contributed by atoms with E-state index in [4.69, 9.17) is 4.74 Å². The molecular weight excluding hydrogens is 178 g/mol. The predicted molar refractivity (Wildman–Crippen MR) is 46.4 cm³/mol. The van der Waals surface area contributed by atoms with Crippen molar-refractivity contribution in [3.63, 3.8) is 0 Å². The van der Waals surface area contributed by atoms with Crippen molar-refractivity contribution in [1.82, 2.24) is 4.72 Å². The summed E-state index contributed by atoms with van der Waals surface area (Å²) >= 11 is 0. The Morgan fingerprint density at radius 3 is 2.42 bits per heavy atom. The molecule has 0 amide bonds. The minimum Gasteiger partial charge on any atom is -0.374 e. The lowest BCUT2D eigenvalue weighted by Crippen LogP contribution is -2.43. The number of hydrogen-bond donors (Lipinski definition) is 1. The third-order valence-electron chi connectivity index (χ3n) is 2.29. The first-order valence-electron chi connectivity index (χ1n) is 3.96. The SMILES string of the molecule is CNS(=O)(=O)C1CCOC1(C)C. The molecule has 1 N–H and O–H groups in total. The number of hydrogen-bond acceptors (Lipinski definition) is 3. The largest absolute Gasteiger partial charge is 0.374 e. The molecule has 1 rings (SSSR count). The Morgan fingerprint density at radius 1 is 1.50 bits per heavy atom. The molecular formula is C7H15NO3S. The van der Waals surface area contributed by atoms with E-state index in [1.165, 1.54) is 7.05 Å². The van der Waals surface area contributed by atoms with E-state index in [1.807, 2.05) is 0 Å². The van der Waals surface area contributed by atoms with Gasteiger partial charge in [-0.2, -0.15) is 0 Å². The van der Waals surface area contributed by atoms with Crippen molar-refractivity contribution in [1.29, 1.82) is 0 Å². The van der Waals surface area contributed by atoms with Gasteiger partial charge in [-0.1, -0.05) is 0 Å². The van der Waals surface area contributed by atoms with E-state index < -0.39 is 20.9 Å². The van der Waals surface area contributed by atoms with Crippen molar-refractivity contribution in [3.05, 3.63) is 0 Å². The molecule has 0 bridgehead atoms. The van der Waals surface area contributed by atoms with Gasteiger partial charge in [0.25, 0.3) is 0 Å². The van der Waals surface area contributed by atoms with E-state index in [0.29, 0.717) is 13.0 Å². The van der Waals surface area contributed by atoms with Crippen molar-refractivity contribution in [2.45, 2.75) is 31.1 Å². The maximum atomic E-state index is 11.4. The molecule has 12 heavy (non-hydrogen) atoms. The smallest absolute Gasteiger partial charge is 0.217 e. The van der Waals surface area contributed by atoms with Crippen LogP contribution in [0.2, 0.25) is 0 Å². The van der Waals surface area contributed by atoms with Crippen LogP contribution in [0.15, 0.2) is 0 Å². The zero-order valence-corrected chi connectivity index (χ0v) is 8.44. The monoisotopic (exact) mass is 193 g/mol. The fraction of sp³-hybridized carbons (Fsp3) is 1.00. The Hall–Kier alpha value is -0.130. The van der Waals surface area contributed by atoms with E-state index in [1.54, 1.807) is 13.8 Å². The average molecular weight is 193 g/mol. The first kappa shape index (κ1) is 9.95. The Kier molecular flexibility index (Phi) is 2.47. The molecule has 1 atom stereocenters. The molecule has 0 aromatic carbocycles. The number of ether oxygens (including phenoxy) is 1. The van der Waals surface area contributed by atoms with Gasteiger partial charge in [-0.25, -0.2) is 13.1 Å². The van der Waals surface area contributed by atoms with Crippen LogP contribution < -0.4 is 4.72 Å². The second-order valence-electron chi connectivity index (χ2n) is 3.48. The molecule has 72 valence electrons. The van der Waals surface area contributed by atoms with Gasteiger partial charge in [-0.15, -0.1) is 0 Å². The van der Waals surface area contributed by atoms with Crippen molar-refractivity contribution in [2.75, 3.05) is 13.7 Å². The van der Waals surface area contributed by atoms with Gasteiger partial charge in [0.05, 0.1) is 5.60 Å². The lowest BCUT2D eigenvalue weighted by molar-refractivity contribution is 0.0381. The summed E-state index contributed by atoms with van der Waals surface area (Å²) in [4.78, 5) is 0. The predicted octanol–water partition coefficient (Wildman–Crippen LogP) is 0.103. The Morgan fingerprint density at radius 2 is 2.08 bits per heavy atom. The fourth-order valence-corrected chi connectivity index (χ4v) is 3.05. The van der Waals surface area contributed by atoms with E-state index in [0.717, 1.165) is 0 Å². The summed E-state index contributed by atoms with van der Waals surface area (Å²) < 4.78 is 30.5. The maximum absolute atomic E-state index is 11.4. The van der Waals surface area contributed by atoms with Gasteiger partial charge in [0.2, 0.25) is 10.0 Å². The van der Waals surface area contributed by atoms with Gasteiger partial charge in [-0.05, 0) is 27.3 Å². The topological polar surface area (TPSA) is 55.4 Å². The molecule has 1 aliphatic heterocycles. The van der Waals surface area contributed by atoms with Crippen LogP contribution in [0.25, 0.3) is 0 Å². The third-order valence-corrected chi connectivity index (χ3v) is 4.41. The summed E-state index contributed by atoms with van der Waals surface area (Å²) in [6.07, 6.45) is 0.580. The Labute approximate surface area is 73.3 Å². The Balaban J connectivity index is 2.90. The van der Waals surface area contributed by atoms with Crippen molar-refractivity contribution in [3.8, 4) is 0 Å². The van der Waals surface area contributed by atoms with Crippen LogP contribution in [0.1, 0.15) is 20.3 Å². The third kappa shape index (κ3) is 1.62. The van der Waals surface area contributed by atoms with Crippen LogP contribution >= 0.6 is 0 Å². The summed E-state index contributed by atoms with van der Waals surface area (Å²) in [5, 5.41) is -0.421. The van der Waals surface area contributed by atoms with Gasteiger partial charge in [-0.3, -0.25) is 0 Å². The quantitative estimate of drug-likeness (QED) is 0.677. The zero-order chi connectivity index (χ0) is 9.41. The first-order chi connectivity index (χ1) is 5.40. The van der Waals surface area contributed by atoms with Crippen LogP contribution in [0, 0.1) is 0 Å². The van der Waals surface area contributed by atoms with E-state index in [9.17, 15) is 8.42 Å². The molecule has 0 aliphatic carbocycles. The van der Waals surface area contributed by atoms with Crippen molar-refractivity contribution >= 4 is 10.0 Å². The van der Waals surface area contributed by atoms with Gasteiger partial charge in [0, 0.05) is 6.61 Å². The van der Waals surface area contributed by atoms with E-state index >= 15 is 0 Å². The summed E-state index contributed by atoms with van der Waals surface area (Å²) in [6.45, 7) is 4.14. The van der Waals surface area contributed by atoms with Crippen LogP contribution in [0.3, 0.4) is 0 Å². The van der Waals surface area contributed by atoms with E-state index in [2.05, 4.69) is 4.72 Å². The number of sulfonamides is 1. The fourth-order valence-electron chi connectivity index (χ4n) is 1.54. The molecule has 1 aliphatic rings. The standard InChI is InChI=1S/C7H15NO3S/c1-7(2)6(4-5-11-7)12(9,10)8-3/h6,8H,4-5H2,1-3H3. The van der Waals surface area contributed by atoms with Crippen molar-refractivity contribution < 1.29 is 13.2 Å². The highest BCUT2D eigenvalue weighted by atomic mass is 32.2. The highest BCUT2D eigenvalue weighted by Crippen LogP contribution is 2.29. The minimum absolute atomic E-state index is 0.421. The summed E-state index contributed by atoms with van der Waals surface area (Å²) in [5.74, 6) is 0. The summed E-state index contributed by atoms with van der Waals surface area (Å²) in [5.41, 5.74) is -0.554. The number of rotatable bonds is 2. The van der Waals surface area contributed by atoms with Crippen LogP contribution in [0.4, 0.5) is 0 Å². The second kappa shape index (κ2) is 2.97. The van der Waals surface area contributed by atoms with Gasteiger partial charge in [0.1, 0.15) is 5.25 Å². The molecule has 5 heteroatoms. The zero-order valence-electron chi connectivity index (χ0n) is 7.62. The van der Waals surface area contributed by atoms with Crippen molar-refractivity contribution in [2.24, 2.45) is 0 Å². The van der Waals surface area contributed by atoms with Gasteiger partial charge < -0.3 is 4.74 Å². The minimum atomic E-state index is -3.18. The molecule has 0 radical (unpaired) electrons. The number of nitrogens with one attached hydrogen (secondary N) is 1. The summed E-state index contributed by atoms with van der Waals surface area (Å²) in [6, 6.07) is 0. The van der Waals surface area contributed by atoms with Gasteiger partial charge in [0.15, 0.2) is 0 Å². The highest BCUT2D eigenvalue weighted by Gasteiger charge is 2.43. The average Bonchev–Trinajstić information content (AvgIpc) is 2.30. The van der Waals surface area contributed by atoms with Crippen LogP contribution in [-0.4, -0.2) is 32.9 Å². The molecule has 1 saturated heterocycles. The molecule has 1 unspecified atom stereocenters. The Bertz CT molecular complexity index is 258. The van der Waals surface area contributed by atoms with Gasteiger partial charge >= 0.3 is 0 Å². The molecule has 0 saturated carbocycles. The maximum Gasteiger partial charge on any atom is 0.217 e. The molecule has 0 aromatic heterocycles. The normalized spacial score (nSPS) is 29.1. The van der Waals surface area contributed by atoms with E-state index in [-0.39, 0.29) is 0 Å². The molecule has 1 heterocycles. The molecule has 4 nitrogen and oxygen atoms in total. The molecule has 1 fully saturated rings. The summed E-state index contributed by atoms with van der Waals surface area (Å²) in [7, 11) is -1.75. The van der Waals surface area contributed by atoms with Crippen LogP contribution in [-0.2, 0) is 14.8 Å². The van der Waals surface area contributed by atoms with Crippen LogP contribution in [0.5, 0.6) is 0 Å². The molecule has 0 spiro atoms. The highest BCUT2D eigenvalue weighted by molar-refractivity contribution is 7.90. The lowest BCUT2D eigenvalue weighted by Gasteiger charge is -2.24. The first-order valence-corrected chi connectivity index (χ1v) is 5.51. The second-order valence-corrected chi connectivity index (χ2v) is 5.55. The molecule has 0 aromatic rings.